The second-order valence-corrected chi connectivity index (χ2v) is 5.77. The van der Waals surface area contributed by atoms with Crippen LogP contribution in [-0.4, -0.2) is 29.1 Å². The van der Waals surface area contributed by atoms with Crippen molar-refractivity contribution in [3.8, 4) is 0 Å². The highest BCUT2D eigenvalue weighted by Crippen LogP contribution is 2.38. The SMILES string of the molecule is CCCCC(CC)N1C2CCC1CC(N)C2. The van der Waals surface area contributed by atoms with E-state index in [1.807, 2.05) is 0 Å². The lowest BCUT2D eigenvalue weighted by Gasteiger charge is -2.42. The number of piperidine rings is 1. The van der Waals surface area contributed by atoms with E-state index in [1.54, 1.807) is 0 Å². The first kappa shape index (κ1) is 12.4. The summed E-state index contributed by atoms with van der Waals surface area (Å²) in [5.41, 5.74) is 6.13. The molecule has 94 valence electrons. The molecule has 0 aromatic rings. The van der Waals surface area contributed by atoms with Gasteiger partial charge < -0.3 is 5.73 Å². The van der Waals surface area contributed by atoms with Crippen molar-refractivity contribution in [2.75, 3.05) is 0 Å². The number of unbranched alkanes of at least 4 members (excludes halogenated alkanes) is 1. The number of nitrogens with two attached hydrogens (primary N) is 1. The van der Waals surface area contributed by atoms with E-state index < -0.39 is 0 Å². The van der Waals surface area contributed by atoms with E-state index in [9.17, 15) is 0 Å². The van der Waals surface area contributed by atoms with Crippen molar-refractivity contribution in [3.05, 3.63) is 0 Å². The smallest absolute Gasteiger partial charge is 0.0116 e. The van der Waals surface area contributed by atoms with Gasteiger partial charge in [-0.3, -0.25) is 4.90 Å². The monoisotopic (exact) mass is 224 g/mol. The normalized spacial score (nSPS) is 36.6. The van der Waals surface area contributed by atoms with Crippen LogP contribution in [-0.2, 0) is 0 Å². The van der Waals surface area contributed by atoms with Crippen LogP contribution in [0.25, 0.3) is 0 Å². The molecule has 2 bridgehead atoms. The fraction of sp³-hybridized carbons (Fsp3) is 1.00. The van der Waals surface area contributed by atoms with E-state index in [-0.39, 0.29) is 0 Å². The van der Waals surface area contributed by atoms with Gasteiger partial charge in [-0.2, -0.15) is 0 Å². The maximum Gasteiger partial charge on any atom is 0.0116 e. The minimum Gasteiger partial charge on any atom is -0.328 e. The van der Waals surface area contributed by atoms with Crippen LogP contribution in [0.5, 0.6) is 0 Å². The first-order valence-corrected chi connectivity index (χ1v) is 7.29. The topological polar surface area (TPSA) is 29.3 Å². The first-order valence-electron chi connectivity index (χ1n) is 7.29. The molecule has 0 aliphatic carbocycles. The molecule has 0 aromatic carbocycles. The fourth-order valence-electron chi connectivity index (χ4n) is 3.86. The quantitative estimate of drug-likeness (QED) is 0.778. The average molecular weight is 224 g/mol. The van der Waals surface area contributed by atoms with E-state index >= 15 is 0 Å². The largest absolute Gasteiger partial charge is 0.328 e. The fourth-order valence-corrected chi connectivity index (χ4v) is 3.86. The van der Waals surface area contributed by atoms with Gasteiger partial charge in [0.25, 0.3) is 0 Å². The number of rotatable bonds is 5. The van der Waals surface area contributed by atoms with Crippen LogP contribution in [0.4, 0.5) is 0 Å². The van der Waals surface area contributed by atoms with E-state index in [0.717, 1.165) is 18.1 Å². The Bertz CT molecular complexity index is 203. The second-order valence-electron chi connectivity index (χ2n) is 5.77. The molecule has 0 aromatic heterocycles. The molecule has 2 nitrogen and oxygen atoms in total. The van der Waals surface area contributed by atoms with Crippen LogP contribution in [0.2, 0.25) is 0 Å². The van der Waals surface area contributed by atoms with Crippen LogP contribution >= 0.6 is 0 Å². The van der Waals surface area contributed by atoms with E-state index in [2.05, 4.69) is 18.7 Å². The number of fused-ring (bicyclic) bond motifs is 2. The summed E-state index contributed by atoms with van der Waals surface area (Å²) in [6, 6.07) is 2.95. The van der Waals surface area contributed by atoms with Crippen LogP contribution in [0.1, 0.15) is 65.2 Å². The van der Waals surface area contributed by atoms with Gasteiger partial charge in [0.05, 0.1) is 0 Å². The first-order chi connectivity index (χ1) is 7.76. The van der Waals surface area contributed by atoms with E-state index in [0.29, 0.717) is 6.04 Å². The van der Waals surface area contributed by atoms with Gasteiger partial charge in [0, 0.05) is 24.2 Å². The zero-order valence-corrected chi connectivity index (χ0v) is 11.0. The Kier molecular flexibility index (Phi) is 4.26. The van der Waals surface area contributed by atoms with Gasteiger partial charge in [0.1, 0.15) is 0 Å². The Morgan fingerprint density at radius 2 is 1.81 bits per heavy atom. The molecule has 2 rings (SSSR count). The molecule has 2 N–H and O–H groups in total. The van der Waals surface area contributed by atoms with Crippen molar-refractivity contribution < 1.29 is 0 Å². The lowest BCUT2D eigenvalue weighted by molar-refractivity contribution is 0.0694. The Morgan fingerprint density at radius 3 is 2.31 bits per heavy atom. The van der Waals surface area contributed by atoms with Crippen LogP contribution in [0.3, 0.4) is 0 Å². The van der Waals surface area contributed by atoms with Gasteiger partial charge in [0.15, 0.2) is 0 Å². The van der Waals surface area contributed by atoms with Gasteiger partial charge in [-0.1, -0.05) is 26.7 Å². The summed E-state index contributed by atoms with van der Waals surface area (Å²) in [7, 11) is 0. The molecule has 2 fully saturated rings. The lowest BCUT2D eigenvalue weighted by atomic mass is 9.93. The Morgan fingerprint density at radius 1 is 1.19 bits per heavy atom. The Hall–Kier alpha value is -0.0800. The minimum atomic E-state index is 0.484. The van der Waals surface area contributed by atoms with Crippen molar-refractivity contribution in [3.63, 3.8) is 0 Å². The molecular formula is C14H28N2. The Labute approximate surface area is 101 Å². The molecule has 2 heterocycles. The molecule has 3 atom stereocenters. The minimum absolute atomic E-state index is 0.484. The summed E-state index contributed by atoms with van der Waals surface area (Å²) < 4.78 is 0. The maximum absolute atomic E-state index is 6.13. The van der Waals surface area contributed by atoms with Crippen molar-refractivity contribution >= 4 is 0 Å². The number of hydrogen-bond acceptors (Lipinski definition) is 2. The van der Waals surface area contributed by atoms with Gasteiger partial charge in [-0.05, 0) is 38.5 Å². The maximum atomic E-state index is 6.13. The van der Waals surface area contributed by atoms with Crippen LogP contribution < -0.4 is 5.73 Å². The van der Waals surface area contributed by atoms with Gasteiger partial charge in [-0.15, -0.1) is 0 Å². The molecule has 0 spiro atoms. The third kappa shape index (κ3) is 2.43. The van der Waals surface area contributed by atoms with Gasteiger partial charge in [-0.25, -0.2) is 0 Å². The lowest BCUT2D eigenvalue weighted by Crippen LogP contribution is -2.51. The van der Waals surface area contributed by atoms with Crippen molar-refractivity contribution in [2.24, 2.45) is 5.73 Å². The van der Waals surface area contributed by atoms with E-state index in [4.69, 9.17) is 5.73 Å². The molecule has 0 amide bonds. The van der Waals surface area contributed by atoms with E-state index in [1.165, 1.54) is 51.4 Å². The summed E-state index contributed by atoms with van der Waals surface area (Å²) in [6.07, 6.45) is 10.7. The zero-order valence-electron chi connectivity index (χ0n) is 11.0. The molecule has 3 unspecified atom stereocenters. The average Bonchev–Trinajstić information content (AvgIpc) is 2.54. The molecule has 2 saturated heterocycles. The molecule has 2 heteroatoms. The van der Waals surface area contributed by atoms with Gasteiger partial charge in [0.2, 0.25) is 0 Å². The molecule has 0 saturated carbocycles. The van der Waals surface area contributed by atoms with Crippen LogP contribution in [0, 0.1) is 0 Å². The molecule has 2 aliphatic heterocycles. The van der Waals surface area contributed by atoms with Crippen molar-refractivity contribution in [1.82, 2.24) is 4.90 Å². The second kappa shape index (κ2) is 5.50. The highest BCUT2D eigenvalue weighted by atomic mass is 15.2. The molecule has 16 heavy (non-hydrogen) atoms. The predicted octanol–water partition coefficient (Wildman–Crippen LogP) is 2.91. The highest BCUT2D eigenvalue weighted by molar-refractivity contribution is 4.98. The number of nitrogens with zero attached hydrogens (tertiary/aromatic N) is 1. The summed E-state index contributed by atoms with van der Waals surface area (Å²) >= 11 is 0. The predicted molar refractivity (Wildman–Crippen MR) is 69.5 cm³/mol. The molecular weight excluding hydrogens is 196 g/mol. The number of hydrogen-bond donors (Lipinski definition) is 1. The summed E-state index contributed by atoms with van der Waals surface area (Å²) in [6.45, 7) is 4.65. The third-order valence-corrected chi connectivity index (χ3v) is 4.61. The van der Waals surface area contributed by atoms with Crippen LogP contribution in [0.15, 0.2) is 0 Å². The van der Waals surface area contributed by atoms with Crippen molar-refractivity contribution in [1.29, 1.82) is 0 Å². The Balaban J connectivity index is 1.97. The zero-order chi connectivity index (χ0) is 11.5. The van der Waals surface area contributed by atoms with Gasteiger partial charge >= 0.3 is 0 Å². The molecule has 0 radical (unpaired) electrons. The third-order valence-electron chi connectivity index (χ3n) is 4.61. The summed E-state index contributed by atoms with van der Waals surface area (Å²) in [4.78, 5) is 2.85. The highest BCUT2D eigenvalue weighted by Gasteiger charge is 2.41. The summed E-state index contributed by atoms with van der Waals surface area (Å²) in [5, 5.41) is 0. The standard InChI is InChI=1S/C14H28N2/c1-3-5-6-12(4-2)16-13-7-8-14(16)10-11(15)9-13/h11-14H,3-10,15H2,1-2H3. The van der Waals surface area contributed by atoms with Crippen molar-refractivity contribution in [2.45, 2.75) is 89.4 Å². The summed E-state index contributed by atoms with van der Waals surface area (Å²) in [5.74, 6) is 0. The molecule has 2 aliphatic rings.